The fourth-order valence-electron chi connectivity index (χ4n) is 2.50. The van der Waals surface area contributed by atoms with Crippen molar-refractivity contribution < 1.29 is 5.11 Å². The Bertz CT molecular complexity index is 361. The van der Waals surface area contributed by atoms with E-state index in [1.165, 1.54) is 19.3 Å². The van der Waals surface area contributed by atoms with Crippen LogP contribution in [0.3, 0.4) is 0 Å². The molecule has 0 amide bonds. The molecule has 94 valence electrons. The number of rotatable bonds is 4. The topological polar surface area (TPSA) is 58.0 Å². The van der Waals surface area contributed by atoms with Crippen LogP contribution in [0.5, 0.6) is 0 Å². The van der Waals surface area contributed by atoms with Gasteiger partial charge in [-0.15, -0.1) is 0 Å². The molecule has 1 fully saturated rings. The van der Waals surface area contributed by atoms with E-state index in [9.17, 15) is 5.11 Å². The lowest BCUT2D eigenvalue weighted by atomic mass is 9.82. The number of aliphatic hydroxyl groups excluding tert-OH is 1. The third-order valence-electron chi connectivity index (χ3n) is 3.59. The van der Waals surface area contributed by atoms with Crippen LogP contribution in [-0.4, -0.2) is 27.2 Å². The molecule has 1 aliphatic carbocycles. The Labute approximate surface area is 102 Å². The summed E-state index contributed by atoms with van der Waals surface area (Å²) in [6.07, 6.45) is 7.61. The molecule has 2 rings (SSSR count). The van der Waals surface area contributed by atoms with Crippen LogP contribution in [0.2, 0.25) is 0 Å². The lowest BCUT2D eigenvalue weighted by Gasteiger charge is -2.36. The van der Waals surface area contributed by atoms with Gasteiger partial charge < -0.3 is 10.4 Å². The largest absolute Gasteiger partial charge is 0.394 e. The maximum absolute atomic E-state index is 9.58. The minimum atomic E-state index is -0.0862. The molecular formula is C13H21N3O. The highest BCUT2D eigenvalue weighted by Crippen LogP contribution is 2.27. The van der Waals surface area contributed by atoms with Crippen molar-refractivity contribution in [3.63, 3.8) is 0 Å². The molecule has 0 atom stereocenters. The number of nitrogens with one attached hydrogen (secondary N) is 1. The molecule has 1 heterocycles. The lowest BCUT2D eigenvalue weighted by Crippen LogP contribution is -2.49. The minimum absolute atomic E-state index is 0.0862. The van der Waals surface area contributed by atoms with Gasteiger partial charge in [0.25, 0.3) is 0 Å². The van der Waals surface area contributed by atoms with Crippen LogP contribution in [0.25, 0.3) is 0 Å². The SMILES string of the molecule is Cc1nccc(CNC2(CO)CCCCC2)n1. The van der Waals surface area contributed by atoms with Gasteiger partial charge in [-0.3, -0.25) is 0 Å². The van der Waals surface area contributed by atoms with Gasteiger partial charge in [-0.25, -0.2) is 9.97 Å². The van der Waals surface area contributed by atoms with Crippen molar-refractivity contribution >= 4 is 0 Å². The maximum Gasteiger partial charge on any atom is 0.125 e. The highest BCUT2D eigenvalue weighted by molar-refractivity contribution is 5.03. The van der Waals surface area contributed by atoms with E-state index in [0.717, 1.165) is 24.4 Å². The van der Waals surface area contributed by atoms with E-state index in [-0.39, 0.29) is 12.1 Å². The van der Waals surface area contributed by atoms with Crippen molar-refractivity contribution in [3.8, 4) is 0 Å². The van der Waals surface area contributed by atoms with E-state index in [2.05, 4.69) is 15.3 Å². The van der Waals surface area contributed by atoms with Gasteiger partial charge in [0.1, 0.15) is 5.82 Å². The molecule has 0 radical (unpaired) electrons. The summed E-state index contributed by atoms with van der Waals surface area (Å²) in [6.45, 7) is 2.83. The van der Waals surface area contributed by atoms with Gasteiger partial charge in [-0.2, -0.15) is 0 Å². The zero-order chi connectivity index (χ0) is 12.1. The number of nitrogens with zero attached hydrogens (tertiary/aromatic N) is 2. The van der Waals surface area contributed by atoms with Crippen molar-refractivity contribution in [2.24, 2.45) is 0 Å². The zero-order valence-electron chi connectivity index (χ0n) is 10.4. The number of hydrogen-bond acceptors (Lipinski definition) is 4. The second kappa shape index (κ2) is 5.56. The third kappa shape index (κ3) is 3.23. The molecule has 0 saturated heterocycles. The van der Waals surface area contributed by atoms with Crippen LogP contribution in [0, 0.1) is 6.92 Å². The van der Waals surface area contributed by atoms with E-state index < -0.39 is 0 Å². The molecule has 0 spiro atoms. The summed E-state index contributed by atoms with van der Waals surface area (Å²) >= 11 is 0. The first-order valence-electron chi connectivity index (χ1n) is 6.39. The molecule has 1 aliphatic rings. The van der Waals surface area contributed by atoms with Crippen LogP contribution in [0.1, 0.15) is 43.6 Å². The van der Waals surface area contributed by atoms with Crippen LogP contribution < -0.4 is 5.32 Å². The number of aryl methyl sites for hydroxylation is 1. The van der Waals surface area contributed by atoms with Gasteiger partial charge >= 0.3 is 0 Å². The van der Waals surface area contributed by atoms with E-state index in [4.69, 9.17) is 0 Å². The molecule has 0 bridgehead atoms. The van der Waals surface area contributed by atoms with Gasteiger partial charge in [0.15, 0.2) is 0 Å². The van der Waals surface area contributed by atoms with Gasteiger partial charge in [0, 0.05) is 18.3 Å². The minimum Gasteiger partial charge on any atom is -0.394 e. The molecule has 2 N–H and O–H groups in total. The Morgan fingerprint density at radius 1 is 1.35 bits per heavy atom. The second-order valence-corrected chi connectivity index (χ2v) is 4.95. The monoisotopic (exact) mass is 235 g/mol. The smallest absolute Gasteiger partial charge is 0.125 e. The molecular weight excluding hydrogens is 214 g/mol. The number of hydrogen-bond donors (Lipinski definition) is 2. The van der Waals surface area contributed by atoms with Crippen molar-refractivity contribution in [1.29, 1.82) is 0 Å². The quantitative estimate of drug-likeness (QED) is 0.831. The van der Waals surface area contributed by atoms with Gasteiger partial charge in [0.2, 0.25) is 0 Å². The first kappa shape index (κ1) is 12.5. The lowest BCUT2D eigenvalue weighted by molar-refractivity contribution is 0.119. The molecule has 0 unspecified atom stereocenters. The summed E-state index contributed by atoms with van der Waals surface area (Å²) in [5, 5.41) is 13.1. The van der Waals surface area contributed by atoms with Crippen LogP contribution in [0.15, 0.2) is 12.3 Å². The molecule has 4 nitrogen and oxygen atoms in total. The molecule has 1 aromatic rings. The first-order chi connectivity index (χ1) is 8.24. The summed E-state index contributed by atoms with van der Waals surface area (Å²) in [4.78, 5) is 8.45. The van der Waals surface area contributed by atoms with Crippen LogP contribution in [-0.2, 0) is 6.54 Å². The van der Waals surface area contributed by atoms with Crippen molar-refractivity contribution in [2.75, 3.05) is 6.61 Å². The predicted molar refractivity (Wildman–Crippen MR) is 66.5 cm³/mol. The third-order valence-corrected chi connectivity index (χ3v) is 3.59. The van der Waals surface area contributed by atoms with Gasteiger partial charge in [-0.05, 0) is 25.8 Å². The second-order valence-electron chi connectivity index (χ2n) is 4.95. The van der Waals surface area contributed by atoms with E-state index in [1.54, 1.807) is 6.20 Å². The molecule has 0 aromatic carbocycles. The zero-order valence-corrected chi connectivity index (χ0v) is 10.4. The van der Waals surface area contributed by atoms with Crippen LogP contribution >= 0.6 is 0 Å². The van der Waals surface area contributed by atoms with Crippen molar-refractivity contribution in [2.45, 2.75) is 51.1 Å². The fourth-order valence-corrected chi connectivity index (χ4v) is 2.50. The van der Waals surface area contributed by atoms with Crippen molar-refractivity contribution in [3.05, 3.63) is 23.8 Å². The summed E-state index contributed by atoms with van der Waals surface area (Å²) in [7, 11) is 0. The average Bonchev–Trinajstić information content (AvgIpc) is 2.38. The molecule has 1 aromatic heterocycles. The summed E-state index contributed by atoms with van der Waals surface area (Å²) < 4.78 is 0. The van der Waals surface area contributed by atoms with Crippen LogP contribution in [0.4, 0.5) is 0 Å². The van der Waals surface area contributed by atoms with Crippen molar-refractivity contribution in [1.82, 2.24) is 15.3 Å². The molecule has 4 heteroatoms. The normalized spacial score (nSPS) is 19.2. The highest BCUT2D eigenvalue weighted by Gasteiger charge is 2.30. The van der Waals surface area contributed by atoms with E-state index in [0.29, 0.717) is 6.54 Å². The summed E-state index contributed by atoms with van der Waals surface area (Å²) in [5.74, 6) is 0.797. The Kier molecular flexibility index (Phi) is 4.07. The average molecular weight is 235 g/mol. The number of aliphatic hydroxyl groups is 1. The fraction of sp³-hybridized carbons (Fsp3) is 0.692. The van der Waals surface area contributed by atoms with E-state index in [1.807, 2.05) is 13.0 Å². The van der Waals surface area contributed by atoms with Gasteiger partial charge in [0.05, 0.1) is 12.3 Å². The Morgan fingerprint density at radius 2 is 2.12 bits per heavy atom. The first-order valence-corrected chi connectivity index (χ1v) is 6.39. The molecule has 1 saturated carbocycles. The maximum atomic E-state index is 9.58. The summed E-state index contributed by atoms with van der Waals surface area (Å²) in [5.41, 5.74) is 0.910. The molecule has 0 aliphatic heterocycles. The summed E-state index contributed by atoms with van der Waals surface area (Å²) in [6, 6.07) is 1.92. The molecule has 17 heavy (non-hydrogen) atoms. The van der Waals surface area contributed by atoms with E-state index >= 15 is 0 Å². The predicted octanol–water partition coefficient (Wildman–Crippen LogP) is 1.57. The standard InChI is InChI=1S/C13H21N3O/c1-11-14-8-5-12(16-11)9-15-13(10-17)6-3-2-4-7-13/h5,8,15,17H,2-4,6-7,9-10H2,1H3. The number of aromatic nitrogens is 2. The Morgan fingerprint density at radius 3 is 2.76 bits per heavy atom. The Hall–Kier alpha value is -1.00. The van der Waals surface area contributed by atoms with Gasteiger partial charge in [-0.1, -0.05) is 19.3 Å². The highest BCUT2D eigenvalue weighted by atomic mass is 16.3. The Balaban J connectivity index is 1.95.